The number of hydrogen-bond acceptors (Lipinski definition) is 6. The van der Waals surface area contributed by atoms with E-state index < -0.39 is 20.7 Å². The molecule has 1 amide bonds. The normalized spacial score (nSPS) is 20.7. The van der Waals surface area contributed by atoms with Gasteiger partial charge in [-0.15, -0.1) is 0 Å². The Balaban J connectivity index is 1.15. The van der Waals surface area contributed by atoms with E-state index in [1.165, 1.54) is 12.1 Å². The maximum atomic E-state index is 14.2. The summed E-state index contributed by atoms with van der Waals surface area (Å²) in [6, 6.07) is 11.5. The van der Waals surface area contributed by atoms with Gasteiger partial charge in [0.15, 0.2) is 9.84 Å². The maximum Gasteiger partial charge on any atom is 0.248 e. The number of benzene rings is 2. The molecule has 0 spiro atoms. The van der Waals surface area contributed by atoms with Crippen molar-refractivity contribution in [3.63, 3.8) is 0 Å². The first-order chi connectivity index (χ1) is 20.5. The van der Waals surface area contributed by atoms with Crippen LogP contribution in [0.15, 0.2) is 47.4 Å². The summed E-state index contributed by atoms with van der Waals surface area (Å²) in [5.74, 6) is -0.459. The Kier molecular flexibility index (Phi) is 10.1. The summed E-state index contributed by atoms with van der Waals surface area (Å²) in [6.07, 6.45) is 4.79. The Morgan fingerprint density at radius 1 is 1.14 bits per heavy atom. The smallest absolute Gasteiger partial charge is 0.248 e. The molecule has 8 nitrogen and oxygen atoms in total. The van der Waals surface area contributed by atoms with Gasteiger partial charge in [0, 0.05) is 32.5 Å². The molecule has 2 heterocycles. The minimum Gasteiger partial charge on any atom is -0.633 e. The summed E-state index contributed by atoms with van der Waals surface area (Å²) in [7, 11) is -3.65. The highest BCUT2D eigenvalue weighted by Crippen LogP contribution is 2.42. The Morgan fingerprint density at radius 2 is 1.84 bits per heavy atom. The van der Waals surface area contributed by atoms with Crippen molar-refractivity contribution in [2.45, 2.75) is 67.6 Å². The van der Waals surface area contributed by atoms with Crippen LogP contribution in [0.1, 0.15) is 56.1 Å². The second kappa shape index (κ2) is 13.5. The number of hydroxylamine groups is 3. The van der Waals surface area contributed by atoms with E-state index >= 15 is 0 Å². The van der Waals surface area contributed by atoms with Crippen LogP contribution in [0, 0.1) is 23.9 Å². The fourth-order valence-electron chi connectivity index (χ4n) is 6.64. The Labute approximate surface area is 259 Å². The predicted octanol–water partition coefficient (Wildman–Crippen LogP) is 5.39. The largest absolute Gasteiger partial charge is 0.633 e. The highest BCUT2D eigenvalue weighted by atomic mass is 35.5. The number of ether oxygens (including phenoxy) is 2. The fourth-order valence-corrected chi connectivity index (χ4v) is 9.53. The number of nitrogens with zero attached hydrogens (tertiary/aromatic N) is 2. The number of rotatable bonds is 13. The lowest BCUT2D eigenvalue weighted by molar-refractivity contribution is -0.868. The van der Waals surface area contributed by atoms with Crippen LogP contribution in [0.2, 0.25) is 5.02 Å². The number of hydrogen-bond donors (Lipinski definition) is 0. The number of halogens is 2. The van der Waals surface area contributed by atoms with E-state index in [9.17, 15) is 22.8 Å². The molecular formula is C32H42ClFN2O6S. The van der Waals surface area contributed by atoms with Gasteiger partial charge in [-0.1, -0.05) is 35.9 Å². The van der Waals surface area contributed by atoms with Gasteiger partial charge >= 0.3 is 0 Å². The molecule has 43 heavy (non-hydrogen) atoms. The molecular weight excluding hydrogens is 595 g/mol. The van der Waals surface area contributed by atoms with Crippen molar-refractivity contribution in [2.24, 2.45) is 5.92 Å². The van der Waals surface area contributed by atoms with Crippen molar-refractivity contribution in [1.82, 2.24) is 4.90 Å². The minimum atomic E-state index is -3.65. The lowest BCUT2D eigenvalue weighted by Gasteiger charge is -2.44. The summed E-state index contributed by atoms with van der Waals surface area (Å²) >= 11 is 6.30. The van der Waals surface area contributed by atoms with Gasteiger partial charge in [0.2, 0.25) is 5.91 Å². The zero-order valence-corrected chi connectivity index (χ0v) is 26.4. The molecule has 2 saturated heterocycles. The van der Waals surface area contributed by atoms with E-state index in [0.29, 0.717) is 57.5 Å². The van der Waals surface area contributed by atoms with Crippen LogP contribution < -0.4 is 0 Å². The number of piperidine rings is 1. The van der Waals surface area contributed by atoms with E-state index in [1.54, 1.807) is 36.1 Å². The number of quaternary nitrogens is 1. The van der Waals surface area contributed by atoms with E-state index in [1.807, 2.05) is 6.07 Å². The van der Waals surface area contributed by atoms with Crippen molar-refractivity contribution in [2.75, 3.05) is 52.5 Å². The summed E-state index contributed by atoms with van der Waals surface area (Å²) < 4.78 is 53.1. The SMILES string of the molecule is Cc1cccc(Cl)c1S(=O)(=O)C(CCOCC(=O)N1CCC(OCC[N+]2([O-])CCCC2)(c2cccc(F)c2)CC1)C1CC1. The summed E-state index contributed by atoms with van der Waals surface area (Å²) in [6.45, 7) is 4.40. The molecule has 0 radical (unpaired) electrons. The third-order valence-electron chi connectivity index (χ3n) is 9.30. The number of aryl methyl sites for hydroxylation is 1. The van der Waals surface area contributed by atoms with Crippen molar-refractivity contribution in [3.05, 3.63) is 69.6 Å². The highest BCUT2D eigenvalue weighted by Gasteiger charge is 2.42. The van der Waals surface area contributed by atoms with E-state index in [-0.39, 0.29) is 52.0 Å². The van der Waals surface area contributed by atoms with Crippen molar-refractivity contribution in [3.8, 4) is 0 Å². The molecule has 0 aromatic heterocycles. The molecule has 2 aromatic rings. The molecule has 1 aliphatic carbocycles. The topological polar surface area (TPSA) is 96.0 Å². The van der Waals surface area contributed by atoms with Crippen LogP contribution in [0.5, 0.6) is 0 Å². The molecule has 5 rings (SSSR count). The lowest BCUT2D eigenvalue weighted by atomic mass is 9.84. The first-order valence-electron chi connectivity index (χ1n) is 15.3. The first kappa shape index (κ1) is 32.3. The number of sulfone groups is 1. The average Bonchev–Trinajstić information content (AvgIpc) is 3.71. The Hall–Kier alpha value is -2.08. The second-order valence-corrected chi connectivity index (χ2v) is 14.8. The summed E-state index contributed by atoms with van der Waals surface area (Å²) in [5.41, 5.74) is 0.569. The standard InChI is InChI=1S/C32H42ClFN2O6S/c1-24-6-4-9-28(33)31(24)43(39,40)29(25-10-11-25)12-20-41-23-30(37)35-15-13-32(14-16-35,26-7-5-8-27(34)22-26)42-21-19-36(38)17-2-3-18-36/h4-9,22,25,29H,2-3,10-21,23H2,1H3. The van der Waals surface area contributed by atoms with E-state index in [0.717, 1.165) is 31.2 Å². The van der Waals surface area contributed by atoms with Gasteiger partial charge in [-0.3, -0.25) is 4.79 Å². The third kappa shape index (κ3) is 7.60. The lowest BCUT2D eigenvalue weighted by Crippen LogP contribution is -2.49. The molecule has 3 fully saturated rings. The van der Waals surface area contributed by atoms with Crippen LogP contribution >= 0.6 is 11.6 Å². The van der Waals surface area contributed by atoms with Gasteiger partial charge in [-0.25, -0.2) is 12.8 Å². The van der Waals surface area contributed by atoms with E-state index in [2.05, 4.69) is 0 Å². The predicted molar refractivity (Wildman–Crippen MR) is 163 cm³/mol. The van der Waals surface area contributed by atoms with Gasteiger partial charge in [0.1, 0.15) is 19.0 Å². The third-order valence-corrected chi connectivity index (χ3v) is 12.3. The molecule has 3 aliphatic rings. The number of amides is 1. The average molecular weight is 637 g/mol. The monoisotopic (exact) mass is 636 g/mol. The van der Waals surface area contributed by atoms with Crippen LogP contribution in [0.4, 0.5) is 4.39 Å². The van der Waals surface area contributed by atoms with Gasteiger partial charge in [0.05, 0.1) is 40.5 Å². The quantitative estimate of drug-likeness (QED) is 0.166. The zero-order valence-electron chi connectivity index (χ0n) is 24.8. The van der Waals surface area contributed by atoms with Crippen LogP contribution in [0.3, 0.4) is 0 Å². The molecule has 2 aliphatic heterocycles. The molecule has 11 heteroatoms. The molecule has 0 N–H and O–H groups in total. The second-order valence-electron chi connectivity index (χ2n) is 12.3. The summed E-state index contributed by atoms with van der Waals surface area (Å²) in [4.78, 5) is 15.0. The van der Waals surface area contributed by atoms with Crippen LogP contribution in [0.25, 0.3) is 0 Å². The molecule has 0 bridgehead atoms. The van der Waals surface area contributed by atoms with Gasteiger partial charge in [0.25, 0.3) is 0 Å². The summed E-state index contributed by atoms with van der Waals surface area (Å²) in [5, 5.41) is 12.5. The number of carbonyl (C=O) groups excluding carboxylic acids is 1. The van der Waals surface area contributed by atoms with Crippen LogP contribution in [-0.2, 0) is 29.7 Å². The first-order valence-corrected chi connectivity index (χ1v) is 17.3. The Bertz CT molecular complexity index is 1370. The maximum absolute atomic E-state index is 14.2. The molecule has 236 valence electrons. The molecule has 1 unspecified atom stereocenters. The Morgan fingerprint density at radius 3 is 2.49 bits per heavy atom. The minimum absolute atomic E-state index is 0.0713. The fraction of sp³-hybridized carbons (Fsp3) is 0.594. The van der Waals surface area contributed by atoms with Gasteiger partial charge in [-0.2, -0.15) is 0 Å². The highest BCUT2D eigenvalue weighted by molar-refractivity contribution is 7.92. The zero-order chi connectivity index (χ0) is 30.7. The molecule has 2 aromatic carbocycles. The number of carbonyl (C=O) groups is 1. The molecule has 1 saturated carbocycles. The van der Waals surface area contributed by atoms with Crippen molar-refractivity contribution >= 4 is 27.3 Å². The van der Waals surface area contributed by atoms with Gasteiger partial charge < -0.3 is 24.2 Å². The van der Waals surface area contributed by atoms with Gasteiger partial charge in [-0.05, 0) is 74.3 Å². The van der Waals surface area contributed by atoms with E-state index in [4.69, 9.17) is 21.1 Å². The van der Waals surface area contributed by atoms with Crippen molar-refractivity contribution < 1.29 is 31.7 Å². The van der Waals surface area contributed by atoms with Crippen molar-refractivity contribution in [1.29, 1.82) is 0 Å². The van der Waals surface area contributed by atoms with Crippen LogP contribution in [-0.4, -0.2) is 81.7 Å². The number of likely N-dealkylation sites (tertiary alicyclic amines) is 2. The molecule has 1 atom stereocenters.